The van der Waals surface area contributed by atoms with Crippen LogP contribution >= 0.6 is 23.2 Å². The number of halogens is 2. The second kappa shape index (κ2) is 7.89. The second-order valence-electron chi connectivity index (χ2n) is 5.81. The zero-order chi connectivity index (χ0) is 17.8. The predicted molar refractivity (Wildman–Crippen MR) is 97.5 cm³/mol. The molecule has 2 heterocycles. The molecule has 1 aliphatic heterocycles. The standard InChI is InChI=1S/C17H18Cl2N4O2/c1-11-20-7-4-16(21-11)25-13-5-8-23(9-6-13)17(24)22-12-2-3-14(18)15(19)10-12/h2-4,7,10,13H,5-6,8-9H2,1H3,(H,22,24). The van der Waals surface area contributed by atoms with Crippen molar-refractivity contribution in [2.75, 3.05) is 18.4 Å². The van der Waals surface area contributed by atoms with Gasteiger partial charge in [-0.2, -0.15) is 4.98 Å². The summed E-state index contributed by atoms with van der Waals surface area (Å²) >= 11 is 11.8. The van der Waals surface area contributed by atoms with Crippen molar-refractivity contribution in [3.8, 4) is 5.88 Å². The maximum absolute atomic E-state index is 12.4. The van der Waals surface area contributed by atoms with Gasteiger partial charge in [0, 0.05) is 43.9 Å². The Hall–Kier alpha value is -2.05. The van der Waals surface area contributed by atoms with Gasteiger partial charge in [-0.25, -0.2) is 9.78 Å². The van der Waals surface area contributed by atoms with Crippen molar-refractivity contribution in [1.29, 1.82) is 0 Å². The smallest absolute Gasteiger partial charge is 0.321 e. The maximum Gasteiger partial charge on any atom is 0.321 e. The summed E-state index contributed by atoms with van der Waals surface area (Å²) in [7, 11) is 0. The average Bonchev–Trinajstić information content (AvgIpc) is 2.59. The lowest BCUT2D eigenvalue weighted by Gasteiger charge is -2.32. The van der Waals surface area contributed by atoms with E-state index in [0.29, 0.717) is 40.5 Å². The third-order valence-electron chi connectivity index (χ3n) is 3.94. The summed E-state index contributed by atoms with van der Waals surface area (Å²) in [5, 5.41) is 3.70. The number of rotatable bonds is 3. The molecule has 8 heteroatoms. The zero-order valence-electron chi connectivity index (χ0n) is 13.7. The molecule has 0 atom stereocenters. The number of anilines is 1. The molecule has 1 aliphatic rings. The lowest BCUT2D eigenvalue weighted by Crippen LogP contribution is -2.43. The number of aromatic nitrogens is 2. The fourth-order valence-electron chi connectivity index (χ4n) is 2.62. The molecule has 1 fully saturated rings. The zero-order valence-corrected chi connectivity index (χ0v) is 15.2. The van der Waals surface area contributed by atoms with Gasteiger partial charge in [0.15, 0.2) is 0 Å². The van der Waals surface area contributed by atoms with E-state index in [-0.39, 0.29) is 12.1 Å². The van der Waals surface area contributed by atoms with Crippen LogP contribution in [-0.2, 0) is 0 Å². The molecule has 1 saturated heterocycles. The second-order valence-corrected chi connectivity index (χ2v) is 6.62. The molecule has 1 aromatic carbocycles. The Balaban J connectivity index is 1.51. The van der Waals surface area contributed by atoms with Gasteiger partial charge in [-0.1, -0.05) is 23.2 Å². The van der Waals surface area contributed by atoms with Crippen LogP contribution in [0, 0.1) is 6.92 Å². The van der Waals surface area contributed by atoms with Crippen molar-refractivity contribution in [1.82, 2.24) is 14.9 Å². The van der Waals surface area contributed by atoms with Crippen LogP contribution < -0.4 is 10.1 Å². The van der Waals surface area contributed by atoms with E-state index in [1.165, 1.54) is 0 Å². The van der Waals surface area contributed by atoms with E-state index in [4.69, 9.17) is 27.9 Å². The van der Waals surface area contributed by atoms with Gasteiger partial charge < -0.3 is 15.0 Å². The molecule has 6 nitrogen and oxygen atoms in total. The van der Waals surface area contributed by atoms with Crippen LogP contribution in [0.1, 0.15) is 18.7 Å². The maximum atomic E-state index is 12.4. The Labute approximate surface area is 156 Å². The Morgan fingerprint density at radius 1 is 1.24 bits per heavy atom. The minimum Gasteiger partial charge on any atom is -0.474 e. The Bertz CT molecular complexity index is 764. The van der Waals surface area contributed by atoms with E-state index in [0.717, 1.165) is 12.8 Å². The van der Waals surface area contributed by atoms with E-state index in [2.05, 4.69) is 15.3 Å². The summed E-state index contributed by atoms with van der Waals surface area (Å²) < 4.78 is 5.87. The summed E-state index contributed by atoms with van der Waals surface area (Å²) in [6.07, 6.45) is 3.22. The van der Waals surface area contributed by atoms with E-state index < -0.39 is 0 Å². The predicted octanol–water partition coefficient (Wildman–Crippen LogP) is 4.17. The van der Waals surface area contributed by atoms with Crippen molar-refractivity contribution >= 4 is 34.9 Å². The molecule has 2 amide bonds. The topological polar surface area (TPSA) is 67.3 Å². The average molecular weight is 381 g/mol. The molecular formula is C17H18Cl2N4O2. The van der Waals surface area contributed by atoms with Crippen molar-refractivity contribution < 1.29 is 9.53 Å². The number of amides is 2. The molecule has 132 valence electrons. The lowest BCUT2D eigenvalue weighted by molar-refractivity contribution is 0.111. The summed E-state index contributed by atoms with van der Waals surface area (Å²) in [6.45, 7) is 3.05. The first-order valence-corrected chi connectivity index (χ1v) is 8.74. The van der Waals surface area contributed by atoms with Crippen molar-refractivity contribution in [2.45, 2.75) is 25.9 Å². The summed E-state index contributed by atoms with van der Waals surface area (Å²) in [5.74, 6) is 1.25. The molecule has 25 heavy (non-hydrogen) atoms. The van der Waals surface area contributed by atoms with Gasteiger partial charge in [-0.15, -0.1) is 0 Å². The van der Waals surface area contributed by atoms with Crippen molar-refractivity contribution in [2.24, 2.45) is 0 Å². The summed E-state index contributed by atoms with van der Waals surface area (Å²) in [5.41, 5.74) is 0.620. The van der Waals surface area contributed by atoms with Crippen LogP contribution in [-0.4, -0.2) is 40.1 Å². The van der Waals surface area contributed by atoms with E-state index in [1.54, 1.807) is 35.4 Å². The lowest BCUT2D eigenvalue weighted by atomic mass is 10.1. The normalized spacial score (nSPS) is 15.1. The number of carbonyl (C=O) groups excluding carboxylic acids is 1. The molecule has 1 aromatic heterocycles. The third kappa shape index (κ3) is 4.74. The van der Waals surface area contributed by atoms with Crippen LogP contribution in [0.25, 0.3) is 0 Å². The fourth-order valence-corrected chi connectivity index (χ4v) is 2.92. The number of aryl methyl sites for hydroxylation is 1. The first-order valence-electron chi connectivity index (χ1n) is 7.98. The van der Waals surface area contributed by atoms with Gasteiger partial charge in [0.25, 0.3) is 0 Å². The number of hydrogen-bond acceptors (Lipinski definition) is 4. The molecule has 0 unspecified atom stereocenters. The monoisotopic (exact) mass is 380 g/mol. The first kappa shape index (κ1) is 17.8. The van der Waals surface area contributed by atoms with Gasteiger partial charge >= 0.3 is 6.03 Å². The molecule has 2 aromatic rings. The van der Waals surface area contributed by atoms with Crippen LogP contribution in [0.5, 0.6) is 5.88 Å². The Morgan fingerprint density at radius 2 is 2.00 bits per heavy atom. The quantitative estimate of drug-likeness (QED) is 0.867. The number of likely N-dealkylation sites (tertiary alicyclic amines) is 1. The largest absolute Gasteiger partial charge is 0.474 e. The Morgan fingerprint density at radius 3 is 2.68 bits per heavy atom. The highest BCUT2D eigenvalue weighted by atomic mass is 35.5. The number of carbonyl (C=O) groups is 1. The summed E-state index contributed by atoms with van der Waals surface area (Å²) in [6, 6.07) is 6.60. The molecule has 1 N–H and O–H groups in total. The Kier molecular flexibility index (Phi) is 5.60. The number of ether oxygens (including phenoxy) is 1. The van der Waals surface area contributed by atoms with Crippen molar-refractivity contribution in [3.05, 3.63) is 46.3 Å². The molecule has 0 bridgehead atoms. The fraction of sp³-hybridized carbons (Fsp3) is 0.353. The number of hydrogen-bond donors (Lipinski definition) is 1. The number of urea groups is 1. The van der Waals surface area contributed by atoms with Crippen LogP contribution in [0.15, 0.2) is 30.5 Å². The highest BCUT2D eigenvalue weighted by Gasteiger charge is 2.24. The summed E-state index contributed by atoms with van der Waals surface area (Å²) in [4.78, 5) is 22.4. The number of piperidine rings is 1. The van der Waals surface area contributed by atoms with Gasteiger partial charge in [-0.05, 0) is 25.1 Å². The van der Waals surface area contributed by atoms with E-state index in [1.807, 2.05) is 6.92 Å². The van der Waals surface area contributed by atoms with Gasteiger partial charge in [0.2, 0.25) is 5.88 Å². The minimum atomic E-state index is -0.158. The van der Waals surface area contributed by atoms with Crippen LogP contribution in [0.3, 0.4) is 0 Å². The van der Waals surface area contributed by atoms with E-state index >= 15 is 0 Å². The van der Waals surface area contributed by atoms with E-state index in [9.17, 15) is 4.79 Å². The molecule has 3 rings (SSSR count). The highest BCUT2D eigenvalue weighted by Crippen LogP contribution is 2.25. The van der Waals surface area contributed by atoms with Crippen molar-refractivity contribution in [3.63, 3.8) is 0 Å². The van der Waals surface area contributed by atoms with Gasteiger partial charge in [-0.3, -0.25) is 0 Å². The molecule has 0 aliphatic carbocycles. The first-order chi connectivity index (χ1) is 12.0. The SMILES string of the molecule is Cc1nccc(OC2CCN(C(=O)Nc3ccc(Cl)c(Cl)c3)CC2)n1. The number of benzene rings is 1. The molecule has 0 radical (unpaired) electrons. The molecule has 0 spiro atoms. The van der Waals surface area contributed by atoms with Gasteiger partial charge in [0.1, 0.15) is 11.9 Å². The molecule has 0 saturated carbocycles. The number of nitrogens with one attached hydrogen (secondary N) is 1. The highest BCUT2D eigenvalue weighted by molar-refractivity contribution is 6.42. The number of nitrogens with zero attached hydrogens (tertiary/aromatic N) is 3. The third-order valence-corrected chi connectivity index (χ3v) is 4.68. The van der Waals surface area contributed by atoms with Crippen LogP contribution in [0.4, 0.5) is 10.5 Å². The molecular weight excluding hydrogens is 363 g/mol. The van der Waals surface area contributed by atoms with Gasteiger partial charge in [0.05, 0.1) is 10.0 Å². The minimum absolute atomic E-state index is 0.0447. The van der Waals surface area contributed by atoms with Crippen LogP contribution in [0.2, 0.25) is 10.0 Å².